The van der Waals surface area contributed by atoms with Gasteiger partial charge >= 0.3 is 7.32 Å². The largest absolute Gasteiger partial charge is 0.633 e. The van der Waals surface area contributed by atoms with Gasteiger partial charge in [-0.1, -0.05) is 0 Å². The van der Waals surface area contributed by atoms with Crippen LogP contribution in [0.15, 0.2) is 0 Å². The lowest BCUT2D eigenvalue weighted by Gasteiger charge is -2.00. The van der Waals surface area contributed by atoms with Crippen molar-refractivity contribution in [3.05, 3.63) is 0 Å². The van der Waals surface area contributed by atoms with Crippen LogP contribution in [0.25, 0.3) is 0 Å². The molecular formula is C4H9BF2O3. The summed E-state index contributed by atoms with van der Waals surface area (Å²) in [5, 5.41) is 16.1. The molecule has 0 atom stereocenters. The highest BCUT2D eigenvalue weighted by Gasteiger charge is 2.08. The molecular weight excluding hydrogens is 145 g/mol. The molecule has 0 unspecified atom stereocenters. The molecule has 60 valence electrons. The molecule has 0 fully saturated rings. The zero-order valence-corrected chi connectivity index (χ0v) is 5.33. The summed E-state index contributed by atoms with van der Waals surface area (Å²) in [4.78, 5) is 0. The molecule has 0 bridgehead atoms. The van der Waals surface area contributed by atoms with Crippen molar-refractivity contribution in [1.29, 1.82) is 0 Å². The molecule has 10 heavy (non-hydrogen) atoms. The maximum atomic E-state index is 11.4. The standard InChI is InChI=1S/C4H9BF2O3/c6-4(7)2-1-3-10-5(8)9/h4,8-9H,1-3H2. The van der Waals surface area contributed by atoms with Gasteiger partial charge in [0, 0.05) is 13.0 Å². The van der Waals surface area contributed by atoms with Crippen molar-refractivity contribution < 1.29 is 23.5 Å². The summed E-state index contributed by atoms with van der Waals surface area (Å²) in [7, 11) is -1.85. The fraction of sp³-hybridized carbons (Fsp3) is 1.00. The first kappa shape index (κ1) is 9.80. The Morgan fingerprint density at radius 3 is 2.40 bits per heavy atom. The van der Waals surface area contributed by atoms with E-state index >= 15 is 0 Å². The van der Waals surface area contributed by atoms with E-state index in [0.29, 0.717) is 0 Å². The monoisotopic (exact) mass is 154 g/mol. The molecule has 0 aromatic carbocycles. The maximum Gasteiger partial charge on any atom is 0.633 e. The van der Waals surface area contributed by atoms with E-state index in [2.05, 4.69) is 4.65 Å². The summed E-state index contributed by atoms with van der Waals surface area (Å²) >= 11 is 0. The van der Waals surface area contributed by atoms with E-state index in [0.717, 1.165) is 0 Å². The molecule has 2 N–H and O–H groups in total. The smallest absolute Gasteiger partial charge is 0.402 e. The minimum absolute atomic E-state index is 0.0536. The highest BCUT2D eigenvalue weighted by molar-refractivity contribution is 6.32. The van der Waals surface area contributed by atoms with Crippen LogP contribution in [0, 0.1) is 0 Å². The van der Waals surface area contributed by atoms with Gasteiger partial charge < -0.3 is 14.7 Å². The molecule has 0 aliphatic heterocycles. The van der Waals surface area contributed by atoms with Gasteiger partial charge in [-0.25, -0.2) is 8.78 Å². The zero-order valence-electron chi connectivity index (χ0n) is 5.33. The van der Waals surface area contributed by atoms with E-state index in [1.807, 2.05) is 0 Å². The van der Waals surface area contributed by atoms with Gasteiger partial charge in [0.25, 0.3) is 0 Å². The van der Waals surface area contributed by atoms with Crippen molar-refractivity contribution >= 4 is 7.32 Å². The molecule has 6 heteroatoms. The van der Waals surface area contributed by atoms with E-state index in [1.165, 1.54) is 0 Å². The quantitative estimate of drug-likeness (QED) is 0.433. The first-order valence-corrected chi connectivity index (χ1v) is 2.89. The minimum atomic E-state index is -2.35. The van der Waals surface area contributed by atoms with Gasteiger partial charge in [-0.15, -0.1) is 0 Å². The van der Waals surface area contributed by atoms with Crippen LogP contribution in [-0.2, 0) is 4.65 Å². The Kier molecular flexibility index (Phi) is 5.47. The van der Waals surface area contributed by atoms with E-state index in [1.54, 1.807) is 0 Å². The average molecular weight is 154 g/mol. The third-order valence-electron chi connectivity index (χ3n) is 0.834. The number of hydrogen-bond donors (Lipinski definition) is 2. The van der Waals surface area contributed by atoms with Crippen molar-refractivity contribution in [1.82, 2.24) is 0 Å². The fourth-order valence-electron chi connectivity index (χ4n) is 0.426. The van der Waals surface area contributed by atoms with Gasteiger partial charge in [-0.3, -0.25) is 0 Å². The topological polar surface area (TPSA) is 49.7 Å². The Hall–Kier alpha value is -0.195. The summed E-state index contributed by atoms with van der Waals surface area (Å²) in [5.41, 5.74) is 0. The normalized spacial score (nSPS) is 10.5. The molecule has 0 aromatic heterocycles. The van der Waals surface area contributed by atoms with Crippen molar-refractivity contribution in [2.45, 2.75) is 19.3 Å². The lowest BCUT2D eigenvalue weighted by molar-refractivity contribution is 0.117. The Bertz CT molecular complexity index is 70.9. The number of rotatable bonds is 5. The fourth-order valence-corrected chi connectivity index (χ4v) is 0.426. The Balaban J connectivity index is 2.91. The van der Waals surface area contributed by atoms with Crippen LogP contribution in [0.4, 0.5) is 8.78 Å². The van der Waals surface area contributed by atoms with Crippen LogP contribution in [0.3, 0.4) is 0 Å². The van der Waals surface area contributed by atoms with Crippen LogP contribution in [0.2, 0.25) is 0 Å². The third-order valence-corrected chi connectivity index (χ3v) is 0.834. The summed E-state index contributed by atoms with van der Waals surface area (Å²) in [6.07, 6.45) is -2.48. The molecule has 0 spiro atoms. The van der Waals surface area contributed by atoms with E-state index < -0.39 is 13.7 Å². The summed E-state index contributed by atoms with van der Waals surface area (Å²) in [5.74, 6) is 0. The highest BCUT2D eigenvalue weighted by atomic mass is 19.3. The predicted molar refractivity (Wildman–Crippen MR) is 31.4 cm³/mol. The second kappa shape index (κ2) is 5.58. The lowest BCUT2D eigenvalue weighted by atomic mass is 10.2. The molecule has 0 radical (unpaired) electrons. The molecule has 0 aromatic rings. The van der Waals surface area contributed by atoms with Crippen molar-refractivity contribution in [2.75, 3.05) is 6.61 Å². The highest BCUT2D eigenvalue weighted by Crippen LogP contribution is 2.02. The SMILES string of the molecule is OB(O)OCCCC(F)F. The van der Waals surface area contributed by atoms with Crippen LogP contribution in [0.1, 0.15) is 12.8 Å². The van der Waals surface area contributed by atoms with Crippen LogP contribution >= 0.6 is 0 Å². The molecule has 0 amide bonds. The second-order valence-electron chi connectivity index (χ2n) is 1.73. The van der Waals surface area contributed by atoms with Gasteiger partial charge in [0.05, 0.1) is 0 Å². The van der Waals surface area contributed by atoms with Crippen LogP contribution in [0.5, 0.6) is 0 Å². The minimum Gasteiger partial charge on any atom is -0.402 e. The first-order valence-electron chi connectivity index (χ1n) is 2.89. The van der Waals surface area contributed by atoms with E-state index in [4.69, 9.17) is 10.0 Å². The summed E-state index contributed by atoms with van der Waals surface area (Å²) in [6.45, 7) is -0.0536. The predicted octanol–water partition coefficient (Wildman–Crippen LogP) is 0.0178. The molecule has 0 aliphatic rings. The lowest BCUT2D eigenvalue weighted by Crippen LogP contribution is -2.17. The van der Waals surface area contributed by atoms with E-state index in [-0.39, 0.29) is 19.4 Å². The second-order valence-corrected chi connectivity index (χ2v) is 1.73. The number of alkyl halides is 2. The zero-order chi connectivity index (χ0) is 7.98. The van der Waals surface area contributed by atoms with Crippen LogP contribution < -0.4 is 0 Å². The van der Waals surface area contributed by atoms with Crippen LogP contribution in [-0.4, -0.2) is 30.4 Å². The van der Waals surface area contributed by atoms with Gasteiger partial charge in [0.15, 0.2) is 0 Å². The van der Waals surface area contributed by atoms with Gasteiger partial charge in [-0.05, 0) is 6.42 Å². The summed E-state index contributed by atoms with van der Waals surface area (Å²) in [6, 6.07) is 0. The van der Waals surface area contributed by atoms with Crippen molar-refractivity contribution in [2.24, 2.45) is 0 Å². The molecule has 0 saturated carbocycles. The maximum absolute atomic E-state index is 11.4. The number of halogens is 2. The van der Waals surface area contributed by atoms with Crippen molar-refractivity contribution in [3.8, 4) is 0 Å². The van der Waals surface area contributed by atoms with E-state index in [9.17, 15) is 8.78 Å². The van der Waals surface area contributed by atoms with Gasteiger partial charge in [0.2, 0.25) is 6.43 Å². The van der Waals surface area contributed by atoms with Crippen molar-refractivity contribution in [3.63, 3.8) is 0 Å². The molecule has 0 saturated heterocycles. The third kappa shape index (κ3) is 7.80. The molecule has 3 nitrogen and oxygen atoms in total. The Labute approximate surface area is 57.8 Å². The van der Waals surface area contributed by atoms with Gasteiger partial charge in [-0.2, -0.15) is 0 Å². The average Bonchev–Trinajstić information content (AvgIpc) is 1.79. The first-order chi connectivity index (χ1) is 4.63. The Morgan fingerprint density at radius 2 is 2.00 bits per heavy atom. The number of hydrogen-bond acceptors (Lipinski definition) is 3. The Morgan fingerprint density at radius 1 is 1.40 bits per heavy atom. The molecule has 0 aliphatic carbocycles. The molecule has 0 heterocycles. The van der Waals surface area contributed by atoms with Gasteiger partial charge in [0.1, 0.15) is 0 Å². The molecule has 0 rings (SSSR count). The summed E-state index contributed by atoms with van der Waals surface area (Å²) < 4.78 is 26.9.